The standard InChI is InChI=1S/C21H25O6P/c1-14-6-10-18(11-7-14)20(26-16(3)22)28(24,25-5)21(27-17(4)23)19-12-8-15(2)9-13-19/h6-13,20-21H,1-5H3/t20-,21+,28?. The van der Waals surface area contributed by atoms with Crippen LogP contribution in [0.15, 0.2) is 48.5 Å². The van der Waals surface area contributed by atoms with Crippen LogP contribution in [-0.4, -0.2) is 19.0 Å². The van der Waals surface area contributed by atoms with E-state index in [2.05, 4.69) is 0 Å². The molecular formula is C21H25O6P. The largest absolute Gasteiger partial charge is 0.447 e. The number of hydrogen-bond donors (Lipinski definition) is 0. The Labute approximate surface area is 165 Å². The number of hydrogen-bond acceptors (Lipinski definition) is 6. The fraction of sp³-hybridized carbons (Fsp3) is 0.333. The first-order valence-corrected chi connectivity index (χ1v) is 10.6. The lowest BCUT2D eigenvalue weighted by Gasteiger charge is -2.32. The molecule has 0 saturated heterocycles. The first-order chi connectivity index (χ1) is 13.2. The summed E-state index contributed by atoms with van der Waals surface area (Å²) in [5, 5.41) is 0. The Hall–Kier alpha value is -2.43. The summed E-state index contributed by atoms with van der Waals surface area (Å²) < 4.78 is 30.3. The van der Waals surface area contributed by atoms with Crippen molar-refractivity contribution in [2.24, 2.45) is 0 Å². The lowest BCUT2D eigenvalue weighted by molar-refractivity contribution is -0.144. The Kier molecular flexibility index (Phi) is 7.17. The average Bonchev–Trinajstić information content (AvgIpc) is 2.65. The van der Waals surface area contributed by atoms with Crippen LogP contribution in [0.2, 0.25) is 0 Å². The van der Waals surface area contributed by atoms with Crippen LogP contribution < -0.4 is 0 Å². The predicted octanol–water partition coefficient (Wildman–Crippen LogP) is 5.05. The zero-order valence-electron chi connectivity index (χ0n) is 16.7. The molecule has 28 heavy (non-hydrogen) atoms. The molecule has 0 heterocycles. The third kappa shape index (κ3) is 5.09. The molecule has 0 bridgehead atoms. The van der Waals surface area contributed by atoms with E-state index in [1.165, 1.54) is 21.0 Å². The van der Waals surface area contributed by atoms with Crippen molar-refractivity contribution >= 4 is 19.3 Å². The molecule has 150 valence electrons. The summed E-state index contributed by atoms with van der Waals surface area (Å²) in [6.45, 7) is 6.28. The summed E-state index contributed by atoms with van der Waals surface area (Å²) in [6, 6.07) is 14.1. The van der Waals surface area contributed by atoms with Crippen LogP contribution in [0.3, 0.4) is 0 Å². The lowest BCUT2D eigenvalue weighted by atomic mass is 10.1. The summed E-state index contributed by atoms with van der Waals surface area (Å²) in [7, 11) is -2.63. The van der Waals surface area contributed by atoms with E-state index in [1.54, 1.807) is 24.3 Å². The van der Waals surface area contributed by atoms with Gasteiger partial charge in [-0.2, -0.15) is 0 Å². The normalized spacial score (nSPS) is 15.2. The van der Waals surface area contributed by atoms with Gasteiger partial charge in [-0.15, -0.1) is 0 Å². The van der Waals surface area contributed by atoms with Gasteiger partial charge in [-0.1, -0.05) is 59.7 Å². The first-order valence-electron chi connectivity index (χ1n) is 8.80. The fourth-order valence-corrected chi connectivity index (χ4v) is 5.18. The van der Waals surface area contributed by atoms with Gasteiger partial charge in [-0.25, -0.2) is 0 Å². The van der Waals surface area contributed by atoms with Crippen molar-refractivity contribution in [3.8, 4) is 0 Å². The van der Waals surface area contributed by atoms with E-state index in [0.717, 1.165) is 11.1 Å². The molecule has 0 saturated carbocycles. The molecule has 1 unspecified atom stereocenters. The number of aryl methyl sites for hydroxylation is 2. The molecule has 3 atom stereocenters. The second kappa shape index (κ2) is 9.18. The van der Waals surface area contributed by atoms with E-state index < -0.39 is 31.0 Å². The Balaban J connectivity index is 2.62. The molecule has 0 amide bonds. The molecule has 7 heteroatoms. The summed E-state index contributed by atoms with van der Waals surface area (Å²) >= 11 is 0. The summed E-state index contributed by atoms with van der Waals surface area (Å²) in [6.07, 6.45) is 0. The number of rotatable bonds is 7. The van der Waals surface area contributed by atoms with Crippen LogP contribution >= 0.6 is 7.37 Å². The molecule has 2 rings (SSSR count). The topological polar surface area (TPSA) is 78.9 Å². The van der Waals surface area contributed by atoms with Crippen molar-refractivity contribution in [1.29, 1.82) is 0 Å². The maximum Gasteiger partial charge on any atom is 0.303 e. The summed E-state index contributed by atoms with van der Waals surface area (Å²) in [4.78, 5) is 23.6. The number of benzene rings is 2. The van der Waals surface area contributed by atoms with Gasteiger partial charge < -0.3 is 14.0 Å². The fourth-order valence-electron chi connectivity index (χ4n) is 2.79. The highest BCUT2D eigenvalue weighted by molar-refractivity contribution is 7.59. The Morgan fingerprint density at radius 1 is 0.750 bits per heavy atom. The quantitative estimate of drug-likeness (QED) is 0.475. The van der Waals surface area contributed by atoms with Crippen LogP contribution in [0.5, 0.6) is 0 Å². The van der Waals surface area contributed by atoms with E-state index in [-0.39, 0.29) is 0 Å². The van der Waals surface area contributed by atoms with Crippen LogP contribution in [0, 0.1) is 13.8 Å². The maximum atomic E-state index is 14.0. The highest BCUT2D eigenvalue weighted by atomic mass is 31.2. The van der Waals surface area contributed by atoms with Gasteiger partial charge in [0.25, 0.3) is 7.37 Å². The Morgan fingerprint density at radius 2 is 1.07 bits per heavy atom. The van der Waals surface area contributed by atoms with E-state index in [0.29, 0.717) is 11.1 Å². The van der Waals surface area contributed by atoms with Crippen molar-refractivity contribution in [2.75, 3.05) is 7.11 Å². The van der Waals surface area contributed by atoms with Gasteiger partial charge in [0, 0.05) is 32.1 Å². The van der Waals surface area contributed by atoms with E-state index in [9.17, 15) is 14.2 Å². The van der Waals surface area contributed by atoms with Crippen LogP contribution in [0.1, 0.15) is 47.8 Å². The molecule has 0 aromatic heterocycles. The van der Waals surface area contributed by atoms with Crippen molar-refractivity contribution in [1.82, 2.24) is 0 Å². The van der Waals surface area contributed by atoms with Crippen molar-refractivity contribution in [3.63, 3.8) is 0 Å². The smallest absolute Gasteiger partial charge is 0.303 e. The molecule has 2 aromatic carbocycles. The van der Waals surface area contributed by atoms with Gasteiger partial charge in [0.1, 0.15) is 0 Å². The number of carbonyl (C=O) groups excluding carboxylic acids is 2. The third-order valence-electron chi connectivity index (χ3n) is 4.22. The molecule has 0 aliphatic carbocycles. The maximum absolute atomic E-state index is 14.0. The monoisotopic (exact) mass is 404 g/mol. The summed E-state index contributed by atoms with van der Waals surface area (Å²) in [5.74, 6) is -3.68. The zero-order chi connectivity index (χ0) is 20.9. The second-order valence-electron chi connectivity index (χ2n) is 6.57. The molecule has 0 spiro atoms. The highest BCUT2D eigenvalue weighted by Crippen LogP contribution is 2.69. The average molecular weight is 404 g/mol. The molecule has 0 aliphatic heterocycles. The molecule has 0 radical (unpaired) electrons. The number of carbonyl (C=O) groups is 2. The van der Waals surface area contributed by atoms with Gasteiger partial charge in [0.2, 0.25) is 11.7 Å². The Morgan fingerprint density at radius 3 is 1.32 bits per heavy atom. The third-order valence-corrected chi connectivity index (χ3v) is 6.90. The molecular weight excluding hydrogens is 379 g/mol. The minimum absolute atomic E-state index is 0.496. The van der Waals surface area contributed by atoms with Gasteiger partial charge >= 0.3 is 11.9 Å². The minimum atomic E-state index is -3.89. The van der Waals surface area contributed by atoms with Crippen LogP contribution in [0.25, 0.3) is 0 Å². The SMILES string of the molecule is COP(=O)([C@H](OC(C)=O)c1ccc(C)cc1)[C@@H](OC(C)=O)c1ccc(C)cc1. The number of esters is 2. The first kappa shape index (κ1) is 21.9. The molecule has 6 nitrogen and oxygen atoms in total. The number of ether oxygens (including phenoxy) is 2. The highest BCUT2D eigenvalue weighted by Gasteiger charge is 2.47. The molecule has 0 N–H and O–H groups in total. The van der Waals surface area contributed by atoms with E-state index in [1.807, 2.05) is 38.1 Å². The molecule has 2 aromatic rings. The van der Waals surface area contributed by atoms with Crippen LogP contribution in [-0.2, 0) is 28.2 Å². The minimum Gasteiger partial charge on any atom is -0.447 e. The zero-order valence-corrected chi connectivity index (χ0v) is 17.6. The van der Waals surface area contributed by atoms with Gasteiger partial charge in [0.05, 0.1) is 0 Å². The van der Waals surface area contributed by atoms with Crippen molar-refractivity contribution in [3.05, 3.63) is 70.8 Å². The van der Waals surface area contributed by atoms with Gasteiger partial charge in [0.15, 0.2) is 0 Å². The second-order valence-corrected chi connectivity index (χ2v) is 9.17. The van der Waals surface area contributed by atoms with Gasteiger partial charge in [-0.05, 0) is 13.8 Å². The predicted molar refractivity (Wildman–Crippen MR) is 106 cm³/mol. The van der Waals surface area contributed by atoms with Crippen LogP contribution in [0.4, 0.5) is 0 Å². The van der Waals surface area contributed by atoms with Crippen molar-refractivity contribution in [2.45, 2.75) is 39.4 Å². The van der Waals surface area contributed by atoms with E-state index >= 15 is 0 Å². The van der Waals surface area contributed by atoms with Gasteiger partial charge in [-0.3, -0.25) is 14.2 Å². The van der Waals surface area contributed by atoms with E-state index in [4.69, 9.17) is 14.0 Å². The summed E-state index contributed by atoms with van der Waals surface area (Å²) in [5.41, 5.74) is 2.98. The molecule has 0 aliphatic rings. The van der Waals surface area contributed by atoms with Crippen molar-refractivity contribution < 1.29 is 28.2 Å². The molecule has 0 fully saturated rings. The lowest BCUT2D eigenvalue weighted by Crippen LogP contribution is -2.18. The Bertz CT molecular complexity index is 803.